The second-order valence-electron chi connectivity index (χ2n) is 7.29. The Morgan fingerprint density at radius 2 is 1.33 bits per heavy atom. The molecule has 0 saturated carbocycles. The van der Waals surface area contributed by atoms with Crippen LogP contribution in [0.3, 0.4) is 0 Å². The number of hydrogen-bond donors (Lipinski definition) is 2. The zero-order valence-electron chi connectivity index (χ0n) is 17.3. The maximum Gasteiger partial charge on any atom is 0.422 e. The van der Waals surface area contributed by atoms with Crippen LogP contribution in [0, 0.1) is 0 Å². The average molecular weight is 584 g/mol. The van der Waals surface area contributed by atoms with Crippen molar-refractivity contribution < 1.29 is 22.6 Å². The van der Waals surface area contributed by atoms with E-state index in [4.69, 9.17) is 9.47 Å². The molecule has 0 saturated heterocycles. The van der Waals surface area contributed by atoms with Gasteiger partial charge in [-0.1, -0.05) is 56.1 Å². The molecule has 4 nitrogen and oxygen atoms in total. The van der Waals surface area contributed by atoms with Crippen molar-refractivity contribution in [2.24, 2.45) is 0 Å². The lowest BCUT2D eigenvalue weighted by atomic mass is 10.1. The summed E-state index contributed by atoms with van der Waals surface area (Å²) in [5.74, 6) is 0.493. The predicted molar refractivity (Wildman–Crippen MR) is 129 cm³/mol. The van der Waals surface area contributed by atoms with Crippen LogP contribution in [-0.2, 0) is 0 Å². The van der Waals surface area contributed by atoms with Crippen LogP contribution in [0.15, 0.2) is 75.7 Å². The zero-order valence-corrected chi connectivity index (χ0v) is 20.5. The highest BCUT2D eigenvalue weighted by Crippen LogP contribution is 2.37. The number of methoxy groups -OCH3 is 1. The molecule has 0 spiro atoms. The average Bonchev–Trinajstić information content (AvgIpc) is 3.23. The lowest BCUT2D eigenvalue weighted by Gasteiger charge is -2.20. The highest BCUT2D eigenvalue weighted by atomic mass is 79.9. The Morgan fingerprint density at radius 3 is 1.79 bits per heavy atom. The van der Waals surface area contributed by atoms with Crippen LogP contribution in [0.2, 0.25) is 0 Å². The molecule has 0 bridgehead atoms. The van der Waals surface area contributed by atoms with E-state index in [1.54, 1.807) is 12.1 Å². The molecule has 0 fully saturated rings. The molecule has 2 N–H and O–H groups in total. The van der Waals surface area contributed by atoms with E-state index in [0.717, 1.165) is 31.5 Å². The summed E-state index contributed by atoms with van der Waals surface area (Å²) >= 11 is 6.90. The minimum atomic E-state index is -4.46. The van der Waals surface area contributed by atoms with Crippen molar-refractivity contribution in [3.05, 3.63) is 92.4 Å². The fourth-order valence-electron chi connectivity index (χ4n) is 3.48. The van der Waals surface area contributed by atoms with Crippen molar-refractivity contribution in [2.75, 3.05) is 13.7 Å². The summed E-state index contributed by atoms with van der Waals surface area (Å²) in [4.78, 5) is 0. The second kappa shape index (κ2) is 9.69. The molecule has 172 valence electrons. The predicted octanol–water partition coefficient (Wildman–Crippen LogP) is 6.88. The van der Waals surface area contributed by atoms with Crippen molar-refractivity contribution in [3.63, 3.8) is 0 Å². The van der Waals surface area contributed by atoms with E-state index in [9.17, 15) is 13.2 Å². The van der Waals surface area contributed by atoms with E-state index >= 15 is 0 Å². The molecule has 0 atom stereocenters. The van der Waals surface area contributed by atoms with Crippen LogP contribution < -0.4 is 20.1 Å². The van der Waals surface area contributed by atoms with Gasteiger partial charge < -0.3 is 20.1 Å². The molecule has 33 heavy (non-hydrogen) atoms. The summed E-state index contributed by atoms with van der Waals surface area (Å²) in [6, 6.07) is 20.4. The van der Waals surface area contributed by atoms with Crippen LogP contribution in [0.25, 0.3) is 11.4 Å². The van der Waals surface area contributed by atoms with Gasteiger partial charge in [0.05, 0.1) is 18.5 Å². The summed E-state index contributed by atoms with van der Waals surface area (Å²) in [6.45, 7) is -1.40. The minimum Gasteiger partial charge on any atom is -0.497 e. The van der Waals surface area contributed by atoms with E-state index in [-0.39, 0.29) is 5.75 Å². The summed E-state index contributed by atoms with van der Waals surface area (Å²) in [7, 11) is 1.45. The van der Waals surface area contributed by atoms with Crippen LogP contribution >= 0.6 is 31.9 Å². The summed E-state index contributed by atoms with van der Waals surface area (Å²) in [5.41, 5.74) is 4.04. The summed E-state index contributed by atoms with van der Waals surface area (Å²) in [6.07, 6.45) is -4.98. The Morgan fingerprint density at radius 1 is 0.818 bits per heavy atom. The van der Waals surface area contributed by atoms with Gasteiger partial charge in [0.1, 0.15) is 17.7 Å². The van der Waals surface area contributed by atoms with Gasteiger partial charge in [0.25, 0.3) is 0 Å². The van der Waals surface area contributed by atoms with Gasteiger partial charge in [-0.15, -0.1) is 0 Å². The van der Waals surface area contributed by atoms with Crippen LogP contribution in [-0.4, -0.2) is 19.9 Å². The smallest absolute Gasteiger partial charge is 0.422 e. The van der Waals surface area contributed by atoms with E-state index in [0.29, 0.717) is 11.3 Å². The third kappa shape index (κ3) is 5.65. The van der Waals surface area contributed by atoms with Gasteiger partial charge in [-0.3, -0.25) is 0 Å². The normalized spacial score (nSPS) is 14.1. The van der Waals surface area contributed by atoms with Gasteiger partial charge in [0.15, 0.2) is 6.61 Å². The fourth-order valence-corrected chi connectivity index (χ4v) is 4.01. The van der Waals surface area contributed by atoms with Gasteiger partial charge >= 0.3 is 6.18 Å². The molecule has 0 radical (unpaired) electrons. The molecule has 1 aliphatic rings. The van der Waals surface area contributed by atoms with Gasteiger partial charge in [-0.25, -0.2) is 0 Å². The van der Waals surface area contributed by atoms with Crippen molar-refractivity contribution in [1.82, 2.24) is 10.6 Å². The Bertz CT molecular complexity index is 1110. The molecule has 4 rings (SSSR count). The second-order valence-corrected chi connectivity index (χ2v) is 9.12. The third-order valence-corrected chi connectivity index (χ3v) is 6.07. The molecular formula is C24H19Br2F3N2O2. The quantitative estimate of drug-likeness (QED) is 0.332. The highest BCUT2D eigenvalue weighted by Gasteiger charge is 2.31. The first-order valence-electron chi connectivity index (χ1n) is 9.90. The Labute approximate surface area is 206 Å². The molecule has 0 unspecified atom stereocenters. The summed E-state index contributed by atoms with van der Waals surface area (Å²) in [5, 5.41) is 6.84. The maximum absolute atomic E-state index is 12.9. The molecule has 9 heteroatoms. The lowest BCUT2D eigenvalue weighted by Crippen LogP contribution is -2.25. The van der Waals surface area contributed by atoms with Crippen molar-refractivity contribution in [1.29, 1.82) is 0 Å². The SMILES string of the molecule is COc1ccc(C2NC(c3ccc(Br)cc3)=C(c3ccc(Br)cc3)N2)c(OCC(F)(F)F)c1. The van der Waals surface area contributed by atoms with Gasteiger partial charge in [-0.05, 0) is 47.5 Å². The maximum atomic E-state index is 12.9. The standard InChI is InChI=1S/C24H19Br2F3N2O2/c1-32-18-10-11-19(20(12-18)33-13-24(27,28)29)23-30-21(14-2-6-16(25)7-3-14)22(31-23)15-4-8-17(26)9-5-15/h2-12,23,30-31H,13H2,1H3. The fraction of sp³-hybridized carbons (Fsp3) is 0.167. The van der Waals surface area contributed by atoms with Crippen molar-refractivity contribution in [3.8, 4) is 11.5 Å². The van der Waals surface area contributed by atoms with E-state index in [2.05, 4.69) is 42.5 Å². The van der Waals surface area contributed by atoms with Crippen LogP contribution in [0.1, 0.15) is 22.9 Å². The number of ether oxygens (including phenoxy) is 2. The van der Waals surface area contributed by atoms with Crippen LogP contribution in [0.5, 0.6) is 11.5 Å². The molecule has 3 aromatic carbocycles. The Hall–Kier alpha value is -2.65. The number of rotatable bonds is 6. The van der Waals surface area contributed by atoms with Gasteiger partial charge in [0, 0.05) is 20.6 Å². The topological polar surface area (TPSA) is 42.5 Å². The molecule has 3 aromatic rings. The molecule has 1 aliphatic heterocycles. The van der Waals surface area contributed by atoms with Crippen LogP contribution in [0.4, 0.5) is 13.2 Å². The summed E-state index contributed by atoms with van der Waals surface area (Å²) < 4.78 is 50.8. The first kappa shape index (κ1) is 23.5. The number of benzene rings is 3. The van der Waals surface area contributed by atoms with Crippen molar-refractivity contribution >= 4 is 43.3 Å². The molecule has 0 amide bonds. The number of nitrogens with one attached hydrogen (secondary N) is 2. The Balaban J connectivity index is 1.72. The monoisotopic (exact) mass is 582 g/mol. The first-order valence-corrected chi connectivity index (χ1v) is 11.5. The highest BCUT2D eigenvalue weighted by molar-refractivity contribution is 9.10. The largest absolute Gasteiger partial charge is 0.497 e. The molecular weight excluding hydrogens is 565 g/mol. The van der Waals surface area contributed by atoms with Gasteiger partial charge in [-0.2, -0.15) is 13.2 Å². The van der Waals surface area contributed by atoms with E-state index in [1.807, 2.05) is 48.5 Å². The number of alkyl halides is 3. The van der Waals surface area contributed by atoms with Gasteiger partial charge in [0.2, 0.25) is 0 Å². The van der Waals surface area contributed by atoms with E-state index < -0.39 is 18.9 Å². The molecule has 1 heterocycles. The molecule has 0 aromatic heterocycles. The first-order chi connectivity index (χ1) is 15.7. The Kier molecular flexibility index (Phi) is 6.90. The zero-order chi connectivity index (χ0) is 23.6. The third-order valence-electron chi connectivity index (χ3n) is 5.02. The number of hydrogen-bond acceptors (Lipinski definition) is 4. The lowest BCUT2D eigenvalue weighted by molar-refractivity contribution is -0.153. The molecule has 0 aliphatic carbocycles. The van der Waals surface area contributed by atoms with Crippen molar-refractivity contribution in [2.45, 2.75) is 12.3 Å². The number of halogens is 5. The minimum absolute atomic E-state index is 0.0869. The van der Waals surface area contributed by atoms with E-state index in [1.165, 1.54) is 13.2 Å².